The predicted molar refractivity (Wildman–Crippen MR) is 85.4 cm³/mol. The van der Waals surface area contributed by atoms with Gasteiger partial charge in [0.1, 0.15) is 5.82 Å². The summed E-state index contributed by atoms with van der Waals surface area (Å²) in [4.78, 5) is 8.71. The Morgan fingerprint density at radius 3 is 2.57 bits per heavy atom. The fourth-order valence-corrected chi connectivity index (χ4v) is 2.08. The lowest BCUT2D eigenvalue weighted by atomic mass is 9.93. The van der Waals surface area contributed by atoms with Crippen LogP contribution in [-0.4, -0.2) is 28.2 Å². The lowest BCUT2D eigenvalue weighted by Crippen LogP contribution is -2.36. The first-order valence-corrected chi connectivity index (χ1v) is 7.11. The number of nitrogens with zero attached hydrogens (tertiary/aromatic N) is 2. The van der Waals surface area contributed by atoms with E-state index in [4.69, 9.17) is 0 Å². The van der Waals surface area contributed by atoms with Crippen LogP contribution in [0, 0.1) is 6.92 Å². The number of aliphatic hydroxyl groups excluding tert-OH is 1. The Balaban J connectivity index is 2.32. The fraction of sp³-hybridized carbons (Fsp3) is 0.375. The third kappa shape index (κ3) is 3.49. The van der Waals surface area contributed by atoms with Crippen molar-refractivity contribution in [1.29, 1.82) is 0 Å². The zero-order chi connectivity index (χ0) is 15.3. The van der Waals surface area contributed by atoms with Crippen molar-refractivity contribution in [3.05, 3.63) is 47.7 Å². The molecule has 0 saturated carbocycles. The molecular weight excluding hydrogens is 264 g/mol. The number of hydrogen-bond donors (Lipinski definition) is 3. The van der Waals surface area contributed by atoms with Crippen molar-refractivity contribution in [2.45, 2.75) is 26.3 Å². The van der Waals surface area contributed by atoms with E-state index in [-0.39, 0.29) is 6.61 Å². The lowest BCUT2D eigenvalue weighted by molar-refractivity contribution is 0.223. The highest BCUT2D eigenvalue weighted by molar-refractivity contribution is 5.50. The van der Waals surface area contributed by atoms with Crippen LogP contribution in [0.1, 0.15) is 25.0 Å². The van der Waals surface area contributed by atoms with Gasteiger partial charge in [-0.1, -0.05) is 30.3 Å². The van der Waals surface area contributed by atoms with Crippen LogP contribution in [0.3, 0.4) is 0 Å². The van der Waals surface area contributed by atoms with Crippen LogP contribution in [0.25, 0.3) is 0 Å². The van der Waals surface area contributed by atoms with Crippen LogP contribution in [0.2, 0.25) is 0 Å². The molecule has 0 fully saturated rings. The molecule has 0 radical (unpaired) electrons. The summed E-state index contributed by atoms with van der Waals surface area (Å²) >= 11 is 0. The van der Waals surface area contributed by atoms with Crippen LogP contribution in [0.5, 0.6) is 0 Å². The van der Waals surface area contributed by atoms with Crippen molar-refractivity contribution in [3.63, 3.8) is 0 Å². The van der Waals surface area contributed by atoms with Gasteiger partial charge in [-0.15, -0.1) is 0 Å². The summed E-state index contributed by atoms with van der Waals surface area (Å²) < 4.78 is 0. The molecule has 5 heteroatoms. The number of aryl methyl sites for hydroxylation is 1. The third-order valence-corrected chi connectivity index (χ3v) is 3.43. The van der Waals surface area contributed by atoms with E-state index >= 15 is 0 Å². The second-order valence-corrected chi connectivity index (χ2v) is 5.24. The van der Waals surface area contributed by atoms with Crippen molar-refractivity contribution in [2.24, 2.45) is 0 Å². The SMILES string of the molecule is CCNc1ncc(C)c(NC(C)(CO)c2ccccc2)n1. The number of nitrogens with one attached hydrogen (secondary N) is 2. The highest BCUT2D eigenvalue weighted by atomic mass is 16.3. The van der Waals surface area contributed by atoms with Crippen molar-refractivity contribution in [1.82, 2.24) is 9.97 Å². The van der Waals surface area contributed by atoms with E-state index in [1.807, 2.05) is 51.1 Å². The van der Waals surface area contributed by atoms with Gasteiger partial charge >= 0.3 is 0 Å². The van der Waals surface area contributed by atoms with Gasteiger partial charge in [-0.05, 0) is 26.3 Å². The van der Waals surface area contributed by atoms with Crippen molar-refractivity contribution < 1.29 is 5.11 Å². The van der Waals surface area contributed by atoms with Gasteiger partial charge in [0.25, 0.3) is 0 Å². The molecule has 21 heavy (non-hydrogen) atoms. The standard InChI is InChI=1S/C16H22N4O/c1-4-17-15-18-10-12(2)14(19-15)20-16(3,11-21)13-8-6-5-7-9-13/h5-10,21H,4,11H2,1-3H3,(H2,17,18,19,20). The van der Waals surface area contributed by atoms with E-state index in [9.17, 15) is 5.11 Å². The quantitative estimate of drug-likeness (QED) is 0.761. The molecule has 0 saturated heterocycles. The van der Waals surface area contributed by atoms with E-state index in [1.54, 1.807) is 6.20 Å². The molecule has 0 aliphatic carbocycles. The number of aliphatic hydroxyl groups is 1. The average molecular weight is 286 g/mol. The van der Waals surface area contributed by atoms with Crippen molar-refractivity contribution in [2.75, 3.05) is 23.8 Å². The minimum Gasteiger partial charge on any atom is -0.394 e. The van der Waals surface area contributed by atoms with Gasteiger partial charge in [-0.3, -0.25) is 0 Å². The Morgan fingerprint density at radius 1 is 1.24 bits per heavy atom. The molecular formula is C16H22N4O. The summed E-state index contributed by atoms with van der Waals surface area (Å²) in [5, 5.41) is 16.3. The summed E-state index contributed by atoms with van der Waals surface area (Å²) in [6.45, 7) is 6.63. The molecule has 1 unspecified atom stereocenters. The number of aromatic nitrogens is 2. The zero-order valence-corrected chi connectivity index (χ0v) is 12.7. The van der Waals surface area contributed by atoms with Gasteiger partial charge in [0.15, 0.2) is 0 Å². The van der Waals surface area contributed by atoms with Crippen molar-refractivity contribution in [3.8, 4) is 0 Å². The molecule has 0 spiro atoms. The number of anilines is 2. The van der Waals surface area contributed by atoms with Crippen LogP contribution in [0.4, 0.5) is 11.8 Å². The highest BCUT2D eigenvalue weighted by Gasteiger charge is 2.26. The molecule has 2 aromatic rings. The summed E-state index contributed by atoms with van der Waals surface area (Å²) in [5.41, 5.74) is 1.35. The molecule has 5 nitrogen and oxygen atoms in total. The average Bonchev–Trinajstić information content (AvgIpc) is 2.51. The minimum absolute atomic E-state index is 0.0308. The Morgan fingerprint density at radius 2 is 1.95 bits per heavy atom. The minimum atomic E-state index is -0.593. The molecule has 2 rings (SSSR count). The highest BCUT2D eigenvalue weighted by Crippen LogP contribution is 2.26. The van der Waals surface area contributed by atoms with E-state index < -0.39 is 5.54 Å². The maximum atomic E-state index is 9.84. The van der Waals surface area contributed by atoms with Gasteiger partial charge in [-0.2, -0.15) is 4.98 Å². The van der Waals surface area contributed by atoms with Gasteiger partial charge in [0.05, 0.1) is 12.1 Å². The van der Waals surface area contributed by atoms with Gasteiger partial charge in [0.2, 0.25) is 5.95 Å². The Kier molecular flexibility index (Phi) is 4.75. The number of hydrogen-bond acceptors (Lipinski definition) is 5. The first-order valence-electron chi connectivity index (χ1n) is 7.11. The predicted octanol–water partition coefficient (Wildman–Crippen LogP) is 2.54. The topological polar surface area (TPSA) is 70.1 Å². The molecule has 0 aliphatic rings. The van der Waals surface area contributed by atoms with E-state index in [2.05, 4.69) is 20.6 Å². The number of benzene rings is 1. The molecule has 1 heterocycles. The zero-order valence-electron chi connectivity index (χ0n) is 12.7. The van der Waals surface area contributed by atoms with E-state index in [1.165, 1.54) is 0 Å². The molecule has 0 bridgehead atoms. The summed E-state index contributed by atoms with van der Waals surface area (Å²) in [7, 11) is 0. The molecule has 3 N–H and O–H groups in total. The monoisotopic (exact) mass is 286 g/mol. The Hall–Kier alpha value is -2.14. The Bertz CT molecular complexity index is 588. The van der Waals surface area contributed by atoms with Gasteiger partial charge in [0, 0.05) is 18.3 Å². The lowest BCUT2D eigenvalue weighted by Gasteiger charge is -2.30. The molecule has 1 atom stereocenters. The summed E-state index contributed by atoms with van der Waals surface area (Å²) in [6, 6.07) is 9.86. The first kappa shape index (κ1) is 15.3. The second kappa shape index (κ2) is 6.54. The van der Waals surface area contributed by atoms with Crippen LogP contribution in [-0.2, 0) is 5.54 Å². The van der Waals surface area contributed by atoms with E-state index in [0.717, 1.165) is 23.5 Å². The van der Waals surface area contributed by atoms with Gasteiger partial charge < -0.3 is 15.7 Å². The molecule has 0 aliphatic heterocycles. The Labute approximate surface area is 125 Å². The molecule has 0 amide bonds. The van der Waals surface area contributed by atoms with Gasteiger partial charge in [-0.25, -0.2) is 4.98 Å². The molecule has 112 valence electrons. The normalized spacial score (nSPS) is 13.5. The maximum Gasteiger partial charge on any atom is 0.224 e. The van der Waals surface area contributed by atoms with Crippen LogP contribution in [0.15, 0.2) is 36.5 Å². The maximum absolute atomic E-state index is 9.84. The number of rotatable bonds is 6. The molecule has 1 aromatic heterocycles. The van der Waals surface area contributed by atoms with Crippen LogP contribution < -0.4 is 10.6 Å². The second-order valence-electron chi connectivity index (χ2n) is 5.24. The molecule has 1 aromatic carbocycles. The van der Waals surface area contributed by atoms with Crippen molar-refractivity contribution >= 4 is 11.8 Å². The van der Waals surface area contributed by atoms with E-state index in [0.29, 0.717) is 5.95 Å². The third-order valence-electron chi connectivity index (χ3n) is 3.43. The summed E-state index contributed by atoms with van der Waals surface area (Å²) in [5.74, 6) is 1.31. The smallest absolute Gasteiger partial charge is 0.224 e. The largest absolute Gasteiger partial charge is 0.394 e. The summed E-state index contributed by atoms with van der Waals surface area (Å²) in [6.07, 6.45) is 1.77. The van der Waals surface area contributed by atoms with Crippen LogP contribution >= 0.6 is 0 Å². The fourth-order valence-electron chi connectivity index (χ4n) is 2.08. The first-order chi connectivity index (χ1) is 10.1.